The second kappa shape index (κ2) is 10.6. The van der Waals surface area contributed by atoms with Crippen molar-refractivity contribution in [3.05, 3.63) is 102 Å². The summed E-state index contributed by atoms with van der Waals surface area (Å²) in [5.74, 6) is -1.98. The minimum absolute atomic E-state index is 0.120. The average Bonchev–Trinajstić information content (AvgIpc) is 3.56. The molecule has 0 fully saturated rings. The molecule has 0 saturated heterocycles. The van der Waals surface area contributed by atoms with Crippen LogP contribution in [-0.4, -0.2) is 36.0 Å². The summed E-state index contributed by atoms with van der Waals surface area (Å²) in [5.41, 5.74) is 0.0618. The molecule has 2 aromatic heterocycles. The summed E-state index contributed by atoms with van der Waals surface area (Å²) < 4.78 is 72.4. The fourth-order valence-electron chi connectivity index (χ4n) is 4.43. The lowest BCUT2D eigenvalue weighted by Gasteiger charge is -2.34. The molecule has 3 aromatic carbocycles. The Kier molecular flexibility index (Phi) is 7.15. The summed E-state index contributed by atoms with van der Waals surface area (Å²) >= 11 is 0. The van der Waals surface area contributed by atoms with Crippen LogP contribution in [0.25, 0.3) is 10.9 Å². The van der Waals surface area contributed by atoms with Crippen molar-refractivity contribution >= 4 is 16.6 Å². The van der Waals surface area contributed by atoms with E-state index in [9.17, 15) is 27.1 Å². The number of aliphatic hydroxyl groups is 1. The van der Waals surface area contributed by atoms with Gasteiger partial charge in [-0.1, -0.05) is 18.2 Å². The lowest BCUT2D eigenvalue weighted by molar-refractivity contribution is -0.274. The molecule has 0 saturated carbocycles. The Balaban J connectivity index is 1.37. The number of aromatic nitrogens is 5. The van der Waals surface area contributed by atoms with Crippen LogP contribution in [0, 0.1) is 11.6 Å². The number of anilines is 1. The van der Waals surface area contributed by atoms with Gasteiger partial charge in [0.15, 0.2) is 0 Å². The van der Waals surface area contributed by atoms with Crippen molar-refractivity contribution in [3.63, 3.8) is 0 Å². The molecule has 208 valence electrons. The van der Waals surface area contributed by atoms with E-state index in [4.69, 9.17) is 0 Å². The number of rotatable bonds is 9. The number of alkyl halides is 3. The second-order valence-corrected chi connectivity index (χ2v) is 9.25. The van der Waals surface area contributed by atoms with Crippen molar-refractivity contribution < 1.29 is 31.8 Å². The number of hydrogen-bond acceptors (Lipinski definition) is 6. The van der Waals surface area contributed by atoms with E-state index < -0.39 is 29.6 Å². The Hall–Kier alpha value is -4.52. The Morgan fingerprint density at radius 1 is 1.02 bits per heavy atom. The fraction of sp³-hybridized carbons (Fsp3) is 0.222. The van der Waals surface area contributed by atoms with Crippen LogP contribution < -0.4 is 10.1 Å². The highest BCUT2D eigenvalue weighted by atomic mass is 19.4. The van der Waals surface area contributed by atoms with E-state index in [0.717, 1.165) is 17.3 Å². The van der Waals surface area contributed by atoms with Gasteiger partial charge in [0.25, 0.3) is 0 Å². The molecule has 40 heavy (non-hydrogen) atoms. The maximum absolute atomic E-state index is 14.9. The topological polar surface area (TPSA) is 90.0 Å². The summed E-state index contributed by atoms with van der Waals surface area (Å²) in [4.78, 5) is 3.88. The van der Waals surface area contributed by atoms with E-state index in [1.165, 1.54) is 52.4 Å². The van der Waals surface area contributed by atoms with Crippen molar-refractivity contribution in [2.24, 2.45) is 0 Å². The third-order valence-electron chi connectivity index (χ3n) is 6.53. The van der Waals surface area contributed by atoms with Gasteiger partial charge in [-0.05, 0) is 48.9 Å². The number of halogens is 5. The monoisotopic (exact) mass is 558 g/mol. The van der Waals surface area contributed by atoms with Crippen LogP contribution in [0.4, 0.5) is 27.6 Å². The molecule has 2 atom stereocenters. The smallest absolute Gasteiger partial charge is 0.406 e. The number of ether oxygens (including phenoxy) is 1. The number of fused-ring (bicyclic) bond motifs is 1. The van der Waals surface area contributed by atoms with Gasteiger partial charge in [0.05, 0.1) is 18.1 Å². The highest BCUT2D eigenvalue weighted by Crippen LogP contribution is 2.37. The van der Waals surface area contributed by atoms with Crippen molar-refractivity contribution in [2.45, 2.75) is 38.0 Å². The van der Waals surface area contributed by atoms with Crippen molar-refractivity contribution in [2.75, 3.05) is 5.32 Å². The molecule has 2 heterocycles. The first-order valence-electron chi connectivity index (χ1n) is 12.1. The summed E-state index contributed by atoms with van der Waals surface area (Å²) in [6, 6.07) is 13.1. The Labute approximate surface area is 224 Å². The Morgan fingerprint density at radius 3 is 2.48 bits per heavy atom. The van der Waals surface area contributed by atoms with E-state index in [0.29, 0.717) is 23.5 Å². The number of nitrogens with zero attached hydrogens (tertiary/aromatic N) is 5. The highest BCUT2D eigenvalue weighted by Gasteiger charge is 2.41. The number of hydrogen-bond donors (Lipinski definition) is 2. The van der Waals surface area contributed by atoms with Crippen molar-refractivity contribution in [1.82, 2.24) is 24.5 Å². The molecule has 0 radical (unpaired) electrons. The van der Waals surface area contributed by atoms with Crippen LogP contribution >= 0.6 is 0 Å². The van der Waals surface area contributed by atoms with Crippen LogP contribution in [0.1, 0.15) is 24.1 Å². The SMILES string of the molecule is C[C@@H](n1cc2cc(NCc3ccc(OC(F)(F)F)cc3)ccc2n1)[C@](O)(Cn1cncn1)c1ccc(F)cc1F. The van der Waals surface area contributed by atoms with E-state index in [2.05, 4.69) is 25.2 Å². The fourth-order valence-corrected chi connectivity index (χ4v) is 4.43. The highest BCUT2D eigenvalue weighted by molar-refractivity contribution is 5.82. The second-order valence-electron chi connectivity index (χ2n) is 9.25. The van der Waals surface area contributed by atoms with Gasteiger partial charge in [0.2, 0.25) is 0 Å². The zero-order chi connectivity index (χ0) is 28.5. The normalized spacial score (nSPS) is 14.2. The molecule has 0 unspecified atom stereocenters. The molecule has 0 amide bonds. The van der Waals surface area contributed by atoms with Crippen LogP contribution in [0.3, 0.4) is 0 Å². The molecular formula is C27H23F5N6O2. The summed E-state index contributed by atoms with van der Waals surface area (Å²) in [6.45, 7) is 1.83. The first-order chi connectivity index (χ1) is 19.0. The molecule has 2 N–H and O–H groups in total. The molecule has 0 spiro atoms. The average molecular weight is 559 g/mol. The van der Waals surface area contributed by atoms with E-state index >= 15 is 0 Å². The molecule has 0 aliphatic rings. The van der Waals surface area contributed by atoms with Gasteiger partial charge in [-0.2, -0.15) is 10.2 Å². The molecular weight excluding hydrogens is 535 g/mol. The predicted molar refractivity (Wildman–Crippen MR) is 135 cm³/mol. The minimum atomic E-state index is -4.75. The number of benzene rings is 3. The quantitative estimate of drug-likeness (QED) is 0.230. The van der Waals surface area contributed by atoms with E-state index in [-0.39, 0.29) is 17.9 Å². The molecule has 13 heteroatoms. The summed E-state index contributed by atoms with van der Waals surface area (Å²) in [5, 5.41) is 24.3. The summed E-state index contributed by atoms with van der Waals surface area (Å²) in [7, 11) is 0. The van der Waals surface area contributed by atoms with Gasteiger partial charge < -0.3 is 15.2 Å². The maximum atomic E-state index is 14.9. The zero-order valence-electron chi connectivity index (χ0n) is 21.0. The molecule has 5 aromatic rings. The minimum Gasteiger partial charge on any atom is -0.406 e. The first kappa shape index (κ1) is 27.1. The van der Waals surface area contributed by atoms with Crippen molar-refractivity contribution in [3.8, 4) is 5.75 Å². The molecule has 0 aliphatic carbocycles. The van der Waals surface area contributed by atoms with Crippen LogP contribution in [0.5, 0.6) is 5.75 Å². The van der Waals surface area contributed by atoms with Gasteiger partial charge >= 0.3 is 6.36 Å². The maximum Gasteiger partial charge on any atom is 0.573 e. The zero-order valence-corrected chi connectivity index (χ0v) is 21.0. The third-order valence-corrected chi connectivity index (χ3v) is 6.53. The Morgan fingerprint density at radius 2 is 1.80 bits per heavy atom. The standard InChI is InChI=1S/C27H23F5N6O2/c1-17(26(39,14-37-16-33-15-35-37)23-8-4-20(28)11-24(23)29)38-13-19-10-21(5-9-25(19)36-38)34-12-18-2-6-22(7-3-18)40-27(30,31)32/h2-11,13,15-17,34,39H,12,14H2,1H3/t17-,26-/m1/s1. The van der Waals surface area contributed by atoms with Gasteiger partial charge in [0, 0.05) is 35.4 Å². The molecule has 8 nitrogen and oxygen atoms in total. The van der Waals surface area contributed by atoms with Gasteiger partial charge in [-0.25, -0.2) is 18.4 Å². The molecule has 0 bridgehead atoms. The largest absolute Gasteiger partial charge is 0.573 e. The molecule has 0 aliphatic heterocycles. The van der Waals surface area contributed by atoms with Gasteiger partial charge in [-0.15, -0.1) is 13.2 Å². The first-order valence-corrected chi connectivity index (χ1v) is 12.1. The third kappa shape index (κ3) is 5.88. The van der Waals surface area contributed by atoms with E-state index in [1.54, 1.807) is 25.3 Å². The predicted octanol–water partition coefficient (Wildman–Crippen LogP) is 5.57. The summed E-state index contributed by atoms with van der Waals surface area (Å²) in [6.07, 6.45) is -0.389. The van der Waals surface area contributed by atoms with Crippen molar-refractivity contribution in [1.29, 1.82) is 0 Å². The van der Waals surface area contributed by atoms with Gasteiger partial charge in [0.1, 0.15) is 35.6 Å². The van der Waals surface area contributed by atoms with Crippen LogP contribution in [0.15, 0.2) is 79.5 Å². The number of nitrogens with one attached hydrogen (secondary N) is 1. The van der Waals surface area contributed by atoms with E-state index in [1.807, 2.05) is 6.07 Å². The Bertz CT molecular complexity index is 1600. The van der Waals surface area contributed by atoms with Gasteiger partial charge in [-0.3, -0.25) is 4.68 Å². The molecule has 5 rings (SSSR count). The lowest BCUT2D eigenvalue weighted by atomic mass is 9.86. The van der Waals surface area contributed by atoms with Crippen LogP contribution in [-0.2, 0) is 18.7 Å². The lowest BCUT2D eigenvalue weighted by Crippen LogP contribution is -2.40. The van der Waals surface area contributed by atoms with Crippen LogP contribution in [0.2, 0.25) is 0 Å².